The molecule has 1 saturated carbocycles. The molecule has 0 aliphatic heterocycles. The number of nitrogen functional groups attached to an aromatic ring is 1. The van der Waals surface area contributed by atoms with Gasteiger partial charge in [-0.1, -0.05) is 25.1 Å². The number of hydrogen-bond donors (Lipinski definition) is 3. The molecule has 1 aliphatic rings. The molecule has 0 atom stereocenters. The molecule has 1 aliphatic carbocycles. The van der Waals surface area contributed by atoms with Gasteiger partial charge in [0.2, 0.25) is 5.91 Å². The Labute approximate surface area is 120 Å². The van der Waals surface area contributed by atoms with E-state index >= 15 is 0 Å². The summed E-state index contributed by atoms with van der Waals surface area (Å²) in [6.45, 7) is 2.54. The Morgan fingerprint density at radius 2 is 2.05 bits per heavy atom. The molecule has 1 amide bonds. The normalized spacial score (nSPS) is 26.2. The molecule has 0 unspecified atom stereocenters. The van der Waals surface area contributed by atoms with Crippen molar-refractivity contribution in [2.24, 2.45) is 5.92 Å². The molecule has 0 saturated heterocycles. The smallest absolute Gasteiger partial charge is 0.224 e. The highest BCUT2D eigenvalue weighted by Crippen LogP contribution is 2.31. The summed E-state index contributed by atoms with van der Waals surface area (Å²) in [5.74, 6) is 0.588. The van der Waals surface area contributed by atoms with Crippen LogP contribution in [0, 0.1) is 5.92 Å². The van der Waals surface area contributed by atoms with Gasteiger partial charge < -0.3 is 16.2 Å². The highest BCUT2D eigenvalue weighted by atomic mass is 16.3. The molecule has 0 radical (unpaired) electrons. The third kappa shape index (κ3) is 3.97. The lowest BCUT2D eigenvalue weighted by atomic mass is 9.79. The number of rotatable bonds is 4. The maximum absolute atomic E-state index is 11.9. The second-order valence-corrected chi connectivity index (χ2v) is 6.06. The summed E-state index contributed by atoms with van der Waals surface area (Å²) < 4.78 is 0. The van der Waals surface area contributed by atoms with E-state index in [1.807, 2.05) is 18.2 Å². The Kier molecular flexibility index (Phi) is 4.65. The molecule has 1 aromatic rings. The first-order valence-corrected chi connectivity index (χ1v) is 7.31. The number of nitrogens with one attached hydrogen (secondary N) is 1. The molecule has 4 nitrogen and oxygen atoms in total. The number of aliphatic hydroxyl groups is 1. The van der Waals surface area contributed by atoms with Crippen LogP contribution >= 0.6 is 0 Å². The van der Waals surface area contributed by atoms with E-state index in [1.54, 1.807) is 6.07 Å². The Hall–Kier alpha value is -1.55. The second kappa shape index (κ2) is 6.27. The van der Waals surface area contributed by atoms with E-state index in [0.717, 1.165) is 31.2 Å². The van der Waals surface area contributed by atoms with Crippen LogP contribution in [0.2, 0.25) is 0 Å². The summed E-state index contributed by atoms with van der Waals surface area (Å²) in [5, 5.41) is 13.3. The third-order valence-electron chi connectivity index (χ3n) is 4.23. The van der Waals surface area contributed by atoms with Crippen molar-refractivity contribution in [2.45, 2.75) is 44.6 Å². The maximum atomic E-state index is 11.9. The van der Waals surface area contributed by atoms with Gasteiger partial charge in [0.1, 0.15) is 0 Å². The van der Waals surface area contributed by atoms with Crippen LogP contribution in [0.25, 0.3) is 0 Å². The molecule has 20 heavy (non-hydrogen) atoms. The molecule has 0 bridgehead atoms. The summed E-state index contributed by atoms with van der Waals surface area (Å²) in [5.41, 5.74) is 6.55. The van der Waals surface area contributed by atoms with Crippen LogP contribution < -0.4 is 11.1 Å². The first-order valence-electron chi connectivity index (χ1n) is 7.31. The minimum absolute atomic E-state index is 0.0880. The molecule has 110 valence electrons. The number of anilines is 1. The van der Waals surface area contributed by atoms with E-state index in [0.29, 0.717) is 18.2 Å². The average Bonchev–Trinajstić information content (AvgIpc) is 2.43. The van der Waals surface area contributed by atoms with Gasteiger partial charge in [-0.2, -0.15) is 0 Å². The number of amides is 1. The molecular formula is C16H24N2O2. The fraction of sp³-hybridized carbons (Fsp3) is 0.562. The van der Waals surface area contributed by atoms with Gasteiger partial charge in [-0.15, -0.1) is 0 Å². The number of hydrogen-bond acceptors (Lipinski definition) is 3. The first-order chi connectivity index (χ1) is 9.48. The van der Waals surface area contributed by atoms with E-state index in [1.165, 1.54) is 0 Å². The number of nitrogens with two attached hydrogens (primary N) is 1. The van der Waals surface area contributed by atoms with Gasteiger partial charge in [-0.25, -0.2) is 0 Å². The van der Waals surface area contributed by atoms with Crippen LogP contribution in [0.15, 0.2) is 24.3 Å². The van der Waals surface area contributed by atoms with Crippen LogP contribution in [0.4, 0.5) is 5.69 Å². The van der Waals surface area contributed by atoms with Crippen molar-refractivity contribution in [3.8, 4) is 0 Å². The van der Waals surface area contributed by atoms with Gasteiger partial charge in [0.15, 0.2) is 0 Å². The Bertz CT molecular complexity index is 465. The van der Waals surface area contributed by atoms with E-state index in [2.05, 4.69) is 12.2 Å². The molecule has 1 fully saturated rings. The summed E-state index contributed by atoms with van der Waals surface area (Å²) in [6, 6.07) is 7.36. The number of carbonyl (C=O) groups excluding carboxylic acids is 1. The number of benzene rings is 1. The molecule has 4 heteroatoms. The van der Waals surface area contributed by atoms with Crippen LogP contribution in [-0.2, 0) is 11.2 Å². The highest BCUT2D eigenvalue weighted by molar-refractivity contribution is 5.80. The summed E-state index contributed by atoms with van der Waals surface area (Å²) in [7, 11) is 0. The fourth-order valence-electron chi connectivity index (χ4n) is 2.67. The predicted molar refractivity (Wildman–Crippen MR) is 80.1 cm³/mol. The monoisotopic (exact) mass is 276 g/mol. The van der Waals surface area contributed by atoms with Crippen molar-refractivity contribution >= 4 is 11.6 Å². The molecule has 0 heterocycles. The lowest BCUT2D eigenvalue weighted by Crippen LogP contribution is -2.45. The number of para-hydroxylation sites is 1. The van der Waals surface area contributed by atoms with E-state index in [9.17, 15) is 9.90 Å². The largest absolute Gasteiger partial charge is 0.398 e. The van der Waals surface area contributed by atoms with Crippen molar-refractivity contribution in [1.82, 2.24) is 5.32 Å². The van der Waals surface area contributed by atoms with Gasteiger partial charge in [0, 0.05) is 12.2 Å². The topological polar surface area (TPSA) is 75.3 Å². The lowest BCUT2D eigenvalue weighted by molar-refractivity contribution is -0.122. The van der Waals surface area contributed by atoms with Crippen LogP contribution in [-0.4, -0.2) is 23.2 Å². The zero-order valence-corrected chi connectivity index (χ0v) is 12.1. The standard InChI is InChI=1S/C16H24N2O2/c1-12-6-8-16(20,9-7-12)11-18-15(19)10-13-4-2-3-5-14(13)17/h2-5,12,20H,6-11,17H2,1H3,(H,18,19). The van der Waals surface area contributed by atoms with Gasteiger partial charge in [0.05, 0.1) is 12.0 Å². The quantitative estimate of drug-likeness (QED) is 0.735. The van der Waals surface area contributed by atoms with Crippen molar-refractivity contribution in [3.63, 3.8) is 0 Å². The van der Waals surface area contributed by atoms with E-state index in [-0.39, 0.29) is 12.3 Å². The molecule has 0 aromatic heterocycles. The van der Waals surface area contributed by atoms with Gasteiger partial charge >= 0.3 is 0 Å². The Morgan fingerprint density at radius 3 is 2.70 bits per heavy atom. The van der Waals surface area contributed by atoms with E-state index < -0.39 is 5.60 Å². The molecular weight excluding hydrogens is 252 g/mol. The predicted octanol–water partition coefficient (Wildman–Crippen LogP) is 1.87. The van der Waals surface area contributed by atoms with Gasteiger partial charge in [-0.3, -0.25) is 4.79 Å². The minimum atomic E-state index is -0.732. The van der Waals surface area contributed by atoms with Crippen LogP contribution in [0.1, 0.15) is 38.2 Å². The summed E-state index contributed by atoms with van der Waals surface area (Å²) >= 11 is 0. The summed E-state index contributed by atoms with van der Waals surface area (Å²) in [4.78, 5) is 11.9. The Morgan fingerprint density at radius 1 is 1.40 bits per heavy atom. The average molecular weight is 276 g/mol. The van der Waals surface area contributed by atoms with Gasteiger partial charge in [0.25, 0.3) is 0 Å². The van der Waals surface area contributed by atoms with Crippen molar-refractivity contribution in [1.29, 1.82) is 0 Å². The maximum Gasteiger partial charge on any atom is 0.224 e. The Balaban J connectivity index is 1.82. The lowest BCUT2D eigenvalue weighted by Gasteiger charge is -2.34. The fourth-order valence-corrected chi connectivity index (χ4v) is 2.67. The van der Waals surface area contributed by atoms with Gasteiger partial charge in [-0.05, 0) is 43.2 Å². The molecule has 2 rings (SSSR count). The molecule has 4 N–H and O–H groups in total. The molecule has 1 aromatic carbocycles. The van der Waals surface area contributed by atoms with Crippen molar-refractivity contribution in [2.75, 3.05) is 12.3 Å². The third-order valence-corrected chi connectivity index (χ3v) is 4.23. The molecule has 0 spiro atoms. The highest BCUT2D eigenvalue weighted by Gasteiger charge is 2.31. The van der Waals surface area contributed by atoms with Crippen molar-refractivity contribution in [3.05, 3.63) is 29.8 Å². The number of carbonyl (C=O) groups is 1. The SMILES string of the molecule is CC1CCC(O)(CNC(=O)Cc2ccccc2N)CC1. The minimum Gasteiger partial charge on any atom is -0.398 e. The zero-order valence-electron chi connectivity index (χ0n) is 12.1. The summed E-state index contributed by atoms with van der Waals surface area (Å²) in [6.07, 6.45) is 3.85. The van der Waals surface area contributed by atoms with Crippen LogP contribution in [0.3, 0.4) is 0 Å². The van der Waals surface area contributed by atoms with Crippen LogP contribution in [0.5, 0.6) is 0 Å². The van der Waals surface area contributed by atoms with E-state index in [4.69, 9.17) is 5.73 Å². The second-order valence-electron chi connectivity index (χ2n) is 6.06. The zero-order chi connectivity index (χ0) is 14.6. The van der Waals surface area contributed by atoms with Crippen molar-refractivity contribution < 1.29 is 9.90 Å². The first kappa shape index (κ1) is 14.9.